The van der Waals surface area contributed by atoms with Gasteiger partial charge in [0, 0.05) is 16.8 Å². The van der Waals surface area contributed by atoms with Crippen LogP contribution in [-0.4, -0.2) is 42.6 Å². The minimum atomic E-state index is -0.495. The van der Waals surface area contributed by atoms with Crippen molar-refractivity contribution in [3.05, 3.63) is 113 Å². The molecule has 1 amide bonds. The van der Waals surface area contributed by atoms with E-state index in [1.165, 1.54) is 20.4 Å². The SMILES string of the molecule is COc1ccc(-n2c(O)c(C=NNC(=O)COc3ccc(-c4ccccc4)cc3)c3ccccc3c2=O)cc1OC. The summed E-state index contributed by atoms with van der Waals surface area (Å²) in [5.74, 6) is 0.554. The van der Waals surface area contributed by atoms with Gasteiger partial charge in [-0.15, -0.1) is 0 Å². The Kier molecular flexibility index (Phi) is 7.96. The van der Waals surface area contributed by atoms with Crippen LogP contribution in [0.4, 0.5) is 0 Å². The van der Waals surface area contributed by atoms with Crippen molar-refractivity contribution in [1.29, 1.82) is 0 Å². The highest BCUT2D eigenvalue weighted by atomic mass is 16.5. The molecule has 9 nitrogen and oxygen atoms in total. The van der Waals surface area contributed by atoms with Crippen molar-refractivity contribution in [2.24, 2.45) is 5.10 Å². The van der Waals surface area contributed by atoms with Crippen LogP contribution in [-0.2, 0) is 4.79 Å². The summed E-state index contributed by atoms with van der Waals surface area (Å²) < 4.78 is 17.4. The molecule has 0 spiro atoms. The molecule has 9 heteroatoms. The monoisotopic (exact) mass is 549 g/mol. The Balaban J connectivity index is 1.35. The van der Waals surface area contributed by atoms with Crippen LogP contribution in [0.5, 0.6) is 23.1 Å². The highest BCUT2D eigenvalue weighted by molar-refractivity contribution is 6.02. The predicted molar refractivity (Wildman–Crippen MR) is 157 cm³/mol. The molecule has 41 heavy (non-hydrogen) atoms. The maximum absolute atomic E-state index is 13.4. The molecular weight excluding hydrogens is 522 g/mol. The topological polar surface area (TPSA) is 111 Å². The van der Waals surface area contributed by atoms with Gasteiger partial charge >= 0.3 is 0 Å². The van der Waals surface area contributed by atoms with Crippen molar-refractivity contribution in [2.75, 3.05) is 20.8 Å². The Hall–Kier alpha value is -5.57. The number of fused-ring (bicyclic) bond motifs is 1. The number of nitrogens with zero attached hydrogens (tertiary/aromatic N) is 2. The van der Waals surface area contributed by atoms with Gasteiger partial charge in [-0.2, -0.15) is 5.10 Å². The van der Waals surface area contributed by atoms with E-state index >= 15 is 0 Å². The summed E-state index contributed by atoms with van der Waals surface area (Å²) in [5.41, 5.74) is 4.70. The predicted octanol–water partition coefficient (Wildman–Crippen LogP) is 4.91. The smallest absolute Gasteiger partial charge is 0.277 e. The number of carbonyl (C=O) groups is 1. The van der Waals surface area contributed by atoms with Crippen molar-refractivity contribution in [3.63, 3.8) is 0 Å². The summed E-state index contributed by atoms with van der Waals surface area (Å²) in [6, 6.07) is 29.0. The fraction of sp³-hybridized carbons (Fsp3) is 0.0938. The van der Waals surface area contributed by atoms with Crippen molar-refractivity contribution in [3.8, 4) is 39.9 Å². The van der Waals surface area contributed by atoms with Crippen molar-refractivity contribution in [2.45, 2.75) is 0 Å². The number of hydrazone groups is 1. The van der Waals surface area contributed by atoms with Crippen molar-refractivity contribution in [1.82, 2.24) is 9.99 Å². The summed E-state index contributed by atoms with van der Waals surface area (Å²) in [5, 5.41) is 16.0. The minimum absolute atomic E-state index is 0.243. The van der Waals surface area contributed by atoms with E-state index in [1.54, 1.807) is 54.6 Å². The first-order chi connectivity index (χ1) is 20.0. The first kappa shape index (κ1) is 27.0. The Morgan fingerprint density at radius 3 is 2.22 bits per heavy atom. The lowest BCUT2D eigenvalue weighted by Gasteiger charge is -2.15. The van der Waals surface area contributed by atoms with Crippen molar-refractivity contribution < 1.29 is 24.1 Å². The lowest BCUT2D eigenvalue weighted by atomic mass is 10.1. The average molecular weight is 550 g/mol. The zero-order valence-electron chi connectivity index (χ0n) is 22.4. The number of methoxy groups -OCH3 is 2. The Bertz CT molecular complexity index is 1780. The zero-order chi connectivity index (χ0) is 28.8. The van der Waals surface area contributed by atoms with Crippen LogP contribution in [0.15, 0.2) is 107 Å². The summed E-state index contributed by atoms with van der Waals surface area (Å²) in [6.45, 7) is -0.264. The number of rotatable bonds is 9. The number of aromatic hydroxyl groups is 1. The molecular formula is C32H27N3O6. The quantitative estimate of drug-likeness (QED) is 0.200. The number of hydrogen-bond acceptors (Lipinski definition) is 7. The normalized spacial score (nSPS) is 11.0. The number of amides is 1. The summed E-state index contributed by atoms with van der Waals surface area (Å²) in [7, 11) is 2.99. The molecule has 206 valence electrons. The third kappa shape index (κ3) is 5.74. The Morgan fingerprint density at radius 2 is 1.51 bits per heavy atom. The van der Waals surface area contributed by atoms with E-state index in [9.17, 15) is 14.7 Å². The summed E-state index contributed by atoms with van der Waals surface area (Å²) in [6.07, 6.45) is 1.29. The van der Waals surface area contributed by atoms with E-state index in [4.69, 9.17) is 14.2 Å². The maximum atomic E-state index is 13.4. The molecule has 0 unspecified atom stereocenters. The molecule has 0 atom stereocenters. The van der Waals surface area contributed by atoms with Crippen LogP contribution in [0.3, 0.4) is 0 Å². The Morgan fingerprint density at radius 1 is 0.854 bits per heavy atom. The van der Waals surface area contributed by atoms with Crippen molar-refractivity contribution >= 4 is 22.9 Å². The maximum Gasteiger partial charge on any atom is 0.277 e. The van der Waals surface area contributed by atoms with Gasteiger partial charge in [0.1, 0.15) is 5.75 Å². The Labute approximate surface area is 235 Å². The van der Waals surface area contributed by atoms with Gasteiger partial charge in [0.15, 0.2) is 18.1 Å². The van der Waals surface area contributed by atoms with Crippen LogP contribution in [0.1, 0.15) is 5.56 Å². The average Bonchev–Trinajstić information content (AvgIpc) is 3.02. The fourth-order valence-electron chi connectivity index (χ4n) is 4.42. The van der Waals surface area contributed by atoms with Crippen LogP contribution in [0.25, 0.3) is 27.6 Å². The van der Waals surface area contributed by atoms with E-state index in [0.29, 0.717) is 33.7 Å². The second-order valence-corrected chi connectivity index (χ2v) is 8.93. The van der Waals surface area contributed by atoms with Crippen LogP contribution in [0, 0.1) is 0 Å². The van der Waals surface area contributed by atoms with Crippen LogP contribution >= 0.6 is 0 Å². The molecule has 1 aromatic heterocycles. The first-order valence-corrected chi connectivity index (χ1v) is 12.7. The number of benzene rings is 4. The molecule has 0 saturated carbocycles. The molecule has 0 radical (unpaired) electrons. The summed E-state index contributed by atoms with van der Waals surface area (Å²) >= 11 is 0. The standard InChI is InChI=1S/C32H27N3O6/c1-39-28-17-14-23(18-29(28)40-2)35-31(37)26-11-7-6-10-25(26)27(32(35)38)19-33-34-30(36)20-41-24-15-12-22(13-16-24)21-8-4-3-5-9-21/h3-19,38H,20H2,1-2H3,(H,34,36). The molecule has 4 aromatic carbocycles. The molecule has 0 saturated heterocycles. The second kappa shape index (κ2) is 12.1. The van der Waals surface area contributed by atoms with E-state index < -0.39 is 11.5 Å². The molecule has 0 bridgehead atoms. The third-order valence-corrected chi connectivity index (χ3v) is 6.44. The number of ether oxygens (including phenoxy) is 3. The molecule has 1 heterocycles. The first-order valence-electron chi connectivity index (χ1n) is 12.7. The van der Waals surface area contributed by atoms with Gasteiger partial charge < -0.3 is 19.3 Å². The lowest BCUT2D eigenvalue weighted by Crippen LogP contribution is -2.25. The highest BCUT2D eigenvalue weighted by Crippen LogP contribution is 2.32. The minimum Gasteiger partial charge on any atom is -0.494 e. The zero-order valence-corrected chi connectivity index (χ0v) is 22.4. The molecule has 5 rings (SSSR count). The molecule has 0 aliphatic rings. The lowest BCUT2D eigenvalue weighted by molar-refractivity contribution is -0.123. The van der Waals surface area contributed by atoms with Gasteiger partial charge in [-0.1, -0.05) is 60.7 Å². The number of nitrogens with one attached hydrogen (secondary N) is 1. The summed E-state index contributed by atoms with van der Waals surface area (Å²) in [4.78, 5) is 25.8. The van der Waals surface area contributed by atoms with Crippen LogP contribution in [0.2, 0.25) is 0 Å². The van der Waals surface area contributed by atoms with Gasteiger partial charge in [0.2, 0.25) is 5.88 Å². The molecule has 0 aliphatic heterocycles. The number of aromatic nitrogens is 1. The van der Waals surface area contributed by atoms with E-state index in [-0.39, 0.29) is 18.1 Å². The van der Waals surface area contributed by atoms with Gasteiger partial charge in [-0.05, 0) is 41.5 Å². The van der Waals surface area contributed by atoms with Gasteiger partial charge in [0.05, 0.1) is 31.7 Å². The molecule has 5 aromatic rings. The number of carbonyl (C=O) groups excluding carboxylic acids is 1. The van der Waals surface area contributed by atoms with Crippen LogP contribution < -0.4 is 25.2 Å². The van der Waals surface area contributed by atoms with E-state index in [0.717, 1.165) is 15.7 Å². The number of hydrogen-bond donors (Lipinski definition) is 2. The van der Waals surface area contributed by atoms with Gasteiger partial charge in [0.25, 0.3) is 11.5 Å². The largest absolute Gasteiger partial charge is 0.494 e. The molecule has 0 fully saturated rings. The van der Waals surface area contributed by atoms with E-state index in [1.807, 2.05) is 42.5 Å². The fourth-order valence-corrected chi connectivity index (χ4v) is 4.42. The number of pyridine rings is 1. The van der Waals surface area contributed by atoms with E-state index in [2.05, 4.69) is 10.5 Å². The third-order valence-electron chi connectivity index (χ3n) is 6.44. The molecule has 0 aliphatic carbocycles. The second-order valence-electron chi connectivity index (χ2n) is 8.93. The highest BCUT2D eigenvalue weighted by Gasteiger charge is 2.18. The van der Waals surface area contributed by atoms with Gasteiger partial charge in [-0.3, -0.25) is 9.59 Å². The molecule has 2 N–H and O–H groups in total. The van der Waals surface area contributed by atoms with Gasteiger partial charge in [-0.25, -0.2) is 9.99 Å².